The highest BCUT2D eigenvalue weighted by molar-refractivity contribution is 9.10. The van der Waals surface area contributed by atoms with E-state index in [1.807, 2.05) is 36.6 Å². The van der Waals surface area contributed by atoms with Gasteiger partial charge in [-0.1, -0.05) is 24.3 Å². The summed E-state index contributed by atoms with van der Waals surface area (Å²) in [4.78, 5) is 29.3. The molecule has 156 valence electrons. The van der Waals surface area contributed by atoms with E-state index in [-0.39, 0.29) is 11.8 Å². The summed E-state index contributed by atoms with van der Waals surface area (Å²) in [6.07, 6.45) is 5.63. The van der Waals surface area contributed by atoms with Crippen molar-refractivity contribution in [2.24, 2.45) is 0 Å². The number of rotatable bonds is 9. The zero-order chi connectivity index (χ0) is 21.3. The highest BCUT2D eigenvalue weighted by Crippen LogP contribution is 2.16. The fourth-order valence-electron chi connectivity index (χ4n) is 2.81. The average molecular weight is 488 g/mol. The number of carbonyl (C=O) groups is 2. The van der Waals surface area contributed by atoms with E-state index in [2.05, 4.69) is 36.6 Å². The van der Waals surface area contributed by atoms with E-state index in [9.17, 15) is 9.59 Å². The van der Waals surface area contributed by atoms with Crippen LogP contribution >= 0.6 is 27.7 Å². The molecule has 2 amide bonds. The summed E-state index contributed by atoms with van der Waals surface area (Å²) in [5.74, 6) is 0.284. The van der Waals surface area contributed by atoms with Gasteiger partial charge in [0.2, 0.25) is 5.91 Å². The normalized spacial score (nSPS) is 11.7. The number of benzene rings is 2. The molecular formula is C21H22BrN5O2S. The van der Waals surface area contributed by atoms with Crippen LogP contribution in [0.1, 0.15) is 22.3 Å². The molecule has 9 heteroatoms. The Hall–Kier alpha value is -2.65. The SMILES string of the molecule is CSCCC(NC(=O)c1ccccc1Br)C(=O)NCc1ccc(-n2cncn2)cc1. The van der Waals surface area contributed by atoms with Crippen LogP contribution in [0.5, 0.6) is 0 Å². The van der Waals surface area contributed by atoms with Crippen molar-refractivity contribution in [2.45, 2.75) is 19.0 Å². The molecule has 1 heterocycles. The highest BCUT2D eigenvalue weighted by atomic mass is 79.9. The lowest BCUT2D eigenvalue weighted by Gasteiger charge is -2.19. The second-order valence-corrected chi connectivity index (χ2v) is 8.35. The molecule has 2 aromatic carbocycles. The van der Waals surface area contributed by atoms with Crippen LogP contribution in [-0.2, 0) is 11.3 Å². The number of hydrogen-bond acceptors (Lipinski definition) is 5. The van der Waals surface area contributed by atoms with Gasteiger partial charge in [0.15, 0.2) is 0 Å². The standard InChI is InChI=1S/C21H22BrN5O2S/c1-30-11-10-19(26-20(28)17-4-2-3-5-18(17)22)21(29)24-12-15-6-8-16(9-7-15)27-14-23-13-25-27/h2-9,13-14,19H,10-12H2,1H3,(H,24,29)(H,26,28). The minimum atomic E-state index is -0.605. The van der Waals surface area contributed by atoms with Gasteiger partial charge in [-0.3, -0.25) is 9.59 Å². The fourth-order valence-corrected chi connectivity index (χ4v) is 3.74. The molecule has 3 aromatic rings. The van der Waals surface area contributed by atoms with Crippen LogP contribution in [0.2, 0.25) is 0 Å². The summed E-state index contributed by atoms with van der Waals surface area (Å²) in [5, 5.41) is 9.88. The zero-order valence-corrected chi connectivity index (χ0v) is 18.8. The Bertz CT molecular complexity index is 979. The van der Waals surface area contributed by atoms with Crippen LogP contribution in [0.25, 0.3) is 5.69 Å². The first-order chi connectivity index (χ1) is 14.6. The quantitative estimate of drug-likeness (QED) is 0.483. The second kappa shape index (κ2) is 10.9. The molecule has 1 atom stereocenters. The van der Waals surface area contributed by atoms with E-state index < -0.39 is 6.04 Å². The van der Waals surface area contributed by atoms with Gasteiger partial charge in [-0.15, -0.1) is 0 Å². The largest absolute Gasteiger partial charge is 0.350 e. The Morgan fingerprint density at radius 3 is 2.60 bits per heavy atom. The molecule has 0 aliphatic carbocycles. The van der Waals surface area contributed by atoms with E-state index in [0.29, 0.717) is 23.0 Å². The minimum absolute atomic E-state index is 0.204. The first-order valence-electron chi connectivity index (χ1n) is 9.34. The molecule has 0 fully saturated rings. The maximum absolute atomic E-state index is 12.8. The number of aromatic nitrogens is 3. The summed E-state index contributed by atoms with van der Waals surface area (Å²) in [6.45, 7) is 0.372. The van der Waals surface area contributed by atoms with Crippen LogP contribution in [0.15, 0.2) is 65.7 Å². The summed E-state index contributed by atoms with van der Waals surface area (Å²) < 4.78 is 2.36. The minimum Gasteiger partial charge on any atom is -0.350 e. The molecule has 7 nitrogen and oxygen atoms in total. The molecule has 0 saturated carbocycles. The third-order valence-corrected chi connectivity index (χ3v) is 5.77. The summed E-state index contributed by atoms with van der Waals surface area (Å²) in [5.41, 5.74) is 2.34. The Kier molecular flexibility index (Phi) is 8.04. The lowest BCUT2D eigenvalue weighted by Crippen LogP contribution is -2.47. The van der Waals surface area contributed by atoms with Crippen molar-refractivity contribution in [1.29, 1.82) is 0 Å². The van der Waals surface area contributed by atoms with Crippen molar-refractivity contribution in [2.75, 3.05) is 12.0 Å². The maximum atomic E-state index is 12.8. The predicted molar refractivity (Wildman–Crippen MR) is 122 cm³/mol. The fraction of sp³-hybridized carbons (Fsp3) is 0.238. The van der Waals surface area contributed by atoms with Crippen molar-refractivity contribution >= 4 is 39.5 Å². The summed E-state index contributed by atoms with van der Waals surface area (Å²) in [6, 6.07) is 14.2. The average Bonchev–Trinajstić information content (AvgIpc) is 3.30. The van der Waals surface area contributed by atoms with Crippen molar-refractivity contribution in [1.82, 2.24) is 25.4 Å². The highest BCUT2D eigenvalue weighted by Gasteiger charge is 2.21. The van der Waals surface area contributed by atoms with E-state index in [1.54, 1.807) is 41.0 Å². The number of hydrogen-bond donors (Lipinski definition) is 2. The Morgan fingerprint density at radius 2 is 1.93 bits per heavy atom. The van der Waals surface area contributed by atoms with E-state index in [4.69, 9.17) is 0 Å². The molecular weight excluding hydrogens is 466 g/mol. The smallest absolute Gasteiger partial charge is 0.253 e. The van der Waals surface area contributed by atoms with Gasteiger partial charge in [-0.05, 0) is 64.2 Å². The van der Waals surface area contributed by atoms with E-state index in [0.717, 1.165) is 17.0 Å². The van der Waals surface area contributed by atoms with Gasteiger partial charge in [0, 0.05) is 11.0 Å². The monoisotopic (exact) mass is 487 g/mol. The lowest BCUT2D eigenvalue weighted by atomic mass is 10.1. The van der Waals surface area contributed by atoms with Gasteiger partial charge < -0.3 is 10.6 Å². The first-order valence-corrected chi connectivity index (χ1v) is 11.5. The molecule has 1 aromatic heterocycles. The van der Waals surface area contributed by atoms with Gasteiger partial charge >= 0.3 is 0 Å². The van der Waals surface area contributed by atoms with Crippen molar-refractivity contribution < 1.29 is 9.59 Å². The Morgan fingerprint density at radius 1 is 1.17 bits per heavy atom. The molecule has 0 radical (unpaired) electrons. The van der Waals surface area contributed by atoms with Crippen LogP contribution in [-0.4, -0.2) is 44.6 Å². The van der Waals surface area contributed by atoms with Gasteiger partial charge in [0.25, 0.3) is 5.91 Å². The number of nitrogens with one attached hydrogen (secondary N) is 2. The van der Waals surface area contributed by atoms with E-state index in [1.165, 1.54) is 6.33 Å². The van der Waals surface area contributed by atoms with Crippen molar-refractivity contribution in [3.63, 3.8) is 0 Å². The molecule has 0 spiro atoms. The lowest BCUT2D eigenvalue weighted by molar-refractivity contribution is -0.123. The Labute approximate surface area is 187 Å². The number of carbonyl (C=O) groups excluding carboxylic acids is 2. The van der Waals surface area contributed by atoms with Gasteiger partial charge in [0.1, 0.15) is 18.7 Å². The molecule has 1 unspecified atom stereocenters. The van der Waals surface area contributed by atoms with Gasteiger partial charge in [-0.2, -0.15) is 16.9 Å². The summed E-state index contributed by atoms with van der Waals surface area (Å²) >= 11 is 5.02. The van der Waals surface area contributed by atoms with Crippen LogP contribution in [0.3, 0.4) is 0 Å². The van der Waals surface area contributed by atoms with Crippen LogP contribution < -0.4 is 10.6 Å². The van der Waals surface area contributed by atoms with Crippen molar-refractivity contribution in [3.05, 3.63) is 76.8 Å². The Balaban J connectivity index is 1.60. The van der Waals surface area contributed by atoms with E-state index >= 15 is 0 Å². The summed E-state index contributed by atoms with van der Waals surface area (Å²) in [7, 11) is 0. The number of halogens is 1. The molecule has 0 saturated heterocycles. The maximum Gasteiger partial charge on any atom is 0.253 e. The number of nitrogens with zero attached hydrogens (tertiary/aromatic N) is 3. The third-order valence-electron chi connectivity index (χ3n) is 4.44. The van der Waals surface area contributed by atoms with Crippen LogP contribution in [0.4, 0.5) is 0 Å². The molecule has 2 N–H and O–H groups in total. The van der Waals surface area contributed by atoms with Gasteiger partial charge in [-0.25, -0.2) is 9.67 Å². The second-order valence-electron chi connectivity index (χ2n) is 6.51. The zero-order valence-electron chi connectivity index (χ0n) is 16.4. The first kappa shape index (κ1) is 22.0. The number of amides is 2. The molecule has 3 rings (SSSR count). The molecule has 0 aliphatic heterocycles. The molecule has 0 bridgehead atoms. The topological polar surface area (TPSA) is 88.9 Å². The van der Waals surface area contributed by atoms with Gasteiger partial charge in [0.05, 0.1) is 11.3 Å². The van der Waals surface area contributed by atoms with Crippen molar-refractivity contribution in [3.8, 4) is 5.69 Å². The predicted octanol–water partition coefficient (Wildman–Crippen LogP) is 3.20. The third kappa shape index (κ3) is 5.93. The molecule has 0 aliphatic rings. The number of thioether (sulfide) groups is 1. The molecule has 30 heavy (non-hydrogen) atoms. The van der Waals surface area contributed by atoms with Crippen LogP contribution in [0, 0.1) is 0 Å².